The number of ether oxygens (including phenoxy) is 2. The Balaban J connectivity index is 1.85. The fourth-order valence-corrected chi connectivity index (χ4v) is 2.62. The maximum absolute atomic E-state index is 14.4. The molecule has 3 N–H and O–H groups in total. The van der Waals surface area contributed by atoms with E-state index in [9.17, 15) is 9.18 Å². The largest absolute Gasteiger partial charge is 0.480 e. The van der Waals surface area contributed by atoms with Crippen LogP contribution in [0.4, 0.5) is 10.1 Å². The van der Waals surface area contributed by atoms with E-state index in [0.717, 1.165) is 0 Å². The van der Waals surface area contributed by atoms with Crippen molar-refractivity contribution in [2.45, 2.75) is 12.5 Å². The van der Waals surface area contributed by atoms with E-state index in [2.05, 4.69) is 20.3 Å². The maximum atomic E-state index is 14.4. The van der Waals surface area contributed by atoms with Crippen LogP contribution < -0.4 is 15.8 Å². The van der Waals surface area contributed by atoms with Gasteiger partial charge in [-0.25, -0.2) is 14.4 Å². The second kappa shape index (κ2) is 7.04. The lowest BCUT2D eigenvalue weighted by atomic mass is 9.92. The number of nitrogens with zero attached hydrogens (tertiary/aromatic N) is 3. The summed E-state index contributed by atoms with van der Waals surface area (Å²) in [6.07, 6.45) is 2.63. The van der Waals surface area contributed by atoms with Gasteiger partial charge < -0.3 is 20.5 Å². The van der Waals surface area contributed by atoms with Gasteiger partial charge in [0.05, 0.1) is 26.1 Å². The molecule has 0 unspecified atom stereocenters. The first-order valence-corrected chi connectivity index (χ1v) is 7.80. The minimum atomic E-state index is -0.965. The Labute approximate surface area is 149 Å². The first kappa shape index (κ1) is 17.7. The van der Waals surface area contributed by atoms with Gasteiger partial charge >= 0.3 is 0 Å². The number of carbonyl (C=O) groups excluding carboxylic acids is 1. The number of amidine groups is 1. The van der Waals surface area contributed by atoms with Crippen LogP contribution in [-0.4, -0.2) is 42.0 Å². The molecular weight excluding hydrogens is 341 g/mol. The number of halogens is 1. The van der Waals surface area contributed by atoms with Crippen LogP contribution >= 0.6 is 0 Å². The molecule has 0 saturated heterocycles. The molecule has 1 amide bonds. The van der Waals surface area contributed by atoms with E-state index < -0.39 is 17.3 Å². The van der Waals surface area contributed by atoms with Crippen LogP contribution in [-0.2, 0) is 10.3 Å². The highest BCUT2D eigenvalue weighted by molar-refractivity contribution is 6.02. The zero-order chi connectivity index (χ0) is 18.7. The van der Waals surface area contributed by atoms with Crippen molar-refractivity contribution in [2.24, 2.45) is 10.7 Å². The summed E-state index contributed by atoms with van der Waals surface area (Å²) in [6.45, 7) is 2.12. The summed E-state index contributed by atoms with van der Waals surface area (Å²) in [4.78, 5) is 24.5. The van der Waals surface area contributed by atoms with Gasteiger partial charge in [0.25, 0.3) is 5.91 Å². The van der Waals surface area contributed by atoms with Crippen LogP contribution in [0.2, 0.25) is 0 Å². The van der Waals surface area contributed by atoms with Gasteiger partial charge in [-0.15, -0.1) is 0 Å². The monoisotopic (exact) mass is 359 g/mol. The number of hydrogen-bond donors (Lipinski definition) is 2. The quantitative estimate of drug-likeness (QED) is 0.855. The number of anilines is 1. The van der Waals surface area contributed by atoms with E-state index in [1.54, 1.807) is 6.92 Å². The van der Waals surface area contributed by atoms with E-state index in [-0.39, 0.29) is 24.5 Å². The summed E-state index contributed by atoms with van der Waals surface area (Å²) in [6, 6.07) is 4.22. The molecule has 0 aliphatic carbocycles. The van der Waals surface area contributed by atoms with Gasteiger partial charge in [-0.05, 0) is 25.1 Å². The Morgan fingerprint density at radius 2 is 2.19 bits per heavy atom. The van der Waals surface area contributed by atoms with Crippen molar-refractivity contribution >= 4 is 17.4 Å². The van der Waals surface area contributed by atoms with E-state index in [4.69, 9.17) is 15.2 Å². The minimum Gasteiger partial charge on any atom is -0.480 e. The number of nitrogens with one attached hydrogen (secondary N) is 1. The molecule has 9 heteroatoms. The van der Waals surface area contributed by atoms with Crippen LogP contribution in [0.15, 0.2) is 35.6 Å². The van der Waals surface area contributed by atoms with Crippen LogP contribution in [0.25, 0.3) is 0 Å². The van der Waals surface area contributed by atoms with Crippen LogP contribution in [0.3, 0.4) is 0 Å². The predicted molar refractivity (Wildman–Crippen MR) is 92.7 cm³/mol. The third kappa shape index (κ3) is 3.62. The number of rotatable bonds is 4. The van der Waals surface area contributed by atoms with E-state index in [1.165, 1.54) is 37.7 Å². The highest BCUT2D eigenvalue weighted by atomic mass is 19.1. The average molecular weight is 359 g/mol. The highest BCUT2D eigenvalue weighted by Gasteiger charge is 2.33. The SMILES string of the molecule is COc1cnc(C(=O)Nc2ccc(F)c([C@]3(C)COCC(N)=N3)c2)cn1. The first-order chi connectivity index (χ1) is 12.4. The van der Waals surface area contributed by atoms with Gasteiger partial charge in [-0.2, -0.15) is 0 Å². The zero-order valence-corrected chi connectivity index (χ0v) is 14.3. The Kier molecular flexibility index (Phi) is 4.81. The first-order valence-electron chi connectivity index (χ1n) is 7.80. The molecule has 3 rings (SSSR count). The number of nitrogens with two attached hydrogens (primary N) is 1. The number of carbonyl (C=O) groups is 1. The van der Waals surface area contributed by atoms with Gasteiger partial charge in [0.2, 0.25) is 5.88 Å². The Hall–Kier alpha value is -3.07. The lowest BCUT2D eigenvalue weighted by molar-refractivity contribution is 0.102. The Morgan fingerprint density at radius 3 is 2.85 bits per heavy atom. The predicted octanol–water partition coefficient (Wildman–Crippen LogP) is 1.48. The summed E-state index contributed by atoms with van der Waals surface area (Å²) in [5.74, 6) is -0.352. The third-order valence-corrected chi connectivity index (χ3v) is 3.90. The molecule has 26 heavy (non-hydrogen) atoms. The second-order valence-corrected chi connectivity index (χ2v) is 5.96. The maximum Gasteiger partial charge on any atom is 0.275 e. The molecule has 1 atom stereocenters. The molecule has 1 aromatic heterocycles. The lowest BCUT2D eigenvalue weighted by Gasteiger charge is -2.30. The third-order valence-electron chi connectivity index (χ3n) is 3.90. The number of aromatic nitrogens is 2. The summed E-state index contributed by atoms with van der Waals surface area (Å²) in [7, 11) is 1.45. The molecule has 8 nitrogen and oxygen atoms in total. The molecule has 0 fully saturated rings. The number of hydrogen-bond acceptors (Lipinski definition) is 7. The van der Waals surface area contributed by atoms with Gasteiger partial charge in [-0.3, -0.25) is 9.79 Å². The molecule has 2 heterocycles. The van der Waals surface area contributed by atoms with Crippen molar-refractivity contribution in [1.82, 2.24) is 9.97 Å². The molecule has 0 radical (unpaired) electrons. The molecule has 0 bridgehead atoms. The summed E-state index contributed by atoms with van der Waals surface area (Å²) >= 11 is 0. The summed E-state index contributed by atoms with van der Waals surface area (Å²) < 4.78 is 24.6. The fourth-order valence-electron chi connectivity index (χ4n) is 2.62. The molecule has 1 aliphatic rings. The van der Waals surface area contributed by atoms with Crippen LogP contribution in [0, 0.1) is 5.82 Å². The molecular formula is C17H18FN5O3. The smallest absolute Gasteiger partial charge is 0.275 e. The van der Waals surface area contributed by atoms with E-state index in [0.29, 0.717) is 17.4 Å². The van der Waals surface area contributed by atoms with Crippen molar-refractivity contribution in [3.8, 4) is 5.88 Å². The molecule has 0 spiro atoms. The van der Waals surface area contributed by atoms with E-state index in [1.807, 2.05) is 0 Å². The standard InChI is InChI=1S/C17H18FN5O3/c1-17(9-26-8-14(19)23-17)11-5-10(3-4-12(11)18)22-16(24)13-6-21-15(25-2)7-20-13/h3-7H,8-9H2,1-2H3,(H2,19,23)(H,22,24)/t17-/m0/s1. The fraction of sp³-hybridized carbons (Fsp3) is 0.294. The molecule has 0 saturated carbocycles. The zero-order valence-electron chi connectivity index (χ0n) is 14.3. The lowest BCUT2D eigenvalue weighted by Crippen LogP contribution is -2.38. The van der Waals surface area contributed by atoms with Crippen molar-refractivity contribution in [3.05, 3.63) is 47.7 Å². The topological polar surface area (TPSA) is 112 Å². The van der Waals surface area contributed by atoms with Gasteiger partial charge in [0, 0.05) is 11.3 Å². The van der Waals surface area contributed by atoms with E-state index >= 15 is 0 Å². The highest BCUT2D eigenvalue weighted by Crippen LogP contribution is 2.32. The summed E-state index contributed by atoms with van der Waals surface area (Å²) in [5.41, 5.74) is 5.53. The van der Waals surface area contributed by atoms with Crippen LogP contribution in [0.1, 0.15) is 23.0 Å². The van der Waals surface area contributed by atoms with Gasteiger partial charge in [0.1, 0.15) is 29.5 Å². The van der Waals surface area contributed by atoms with Gasteiger partial charge in [0.15, 0.2) is 0 Å². The normalized spacial score (nSPS) is 19.6. The molecule has 136 valence electrons. The van der Waals surface area contributed by atoms with Gasteiger partial charge in [-0.1, -0.05) is 0 Å². The van der Waals surface area contributed by atoms with Crippen molar-refractivity contribution < 1.29 is 18.7 Å². The summed E-state index contributed by atoms with van der Waals surface area (Å²) in [5, 5.41) is 2.66. The molecule has 1 aliphatic heterocycles. The molecule has 2 aromatic rings. The molecule has 1 aromatic carbocycles. The minimum absolute atomic E-state index is 0.103. The van der Waals surface area contributed by atoms with Crippen molar-refractivity contribution in [1.29, 1.82) is 0 Å². The number of aliphatic imine (C=N–C) groups is 1. The van der Waals surface area contributed by atoms with Crippen molar-refractivity contribution in [3.63, 3.8) is 0 Å². The number of methoxy groups -OCH3 is 1. The number of benzene rings is 1. The number of amides is 1. The van der Waals surface area contributed by atoms with Crippen LogP contribution in [0.5, 0.6) is 5.88 Å². The van der Waals surface area contributed by atoms with Crippen molar-refractivity contribution in [2.75, 3.05) is 25.6 Å². The Morgan fingerprint density at radius 1 is 1.38 bits per heavy atom. The Bertz CT molecular complexity index is 856. The second-order valence-electron chi connectivity index (χ2n) is 5.96. The average Bonchev–Trinajstić information content (AvgIpc) is 2.63.